The maximum Gasteiger partial charge on any atom is 0.286 e. The molecular weight excluding hydrogens is 414 g/mol. The first-order chi connectivity index (χ1) is 15.1. The summed E-state index contributed by atoms with van der Waals surface area (Å²) in [6, 6.07) is 2.10. The van der Waals surface area contributed by atoms with Gasteiger partial charge in [0.25, 0.3) is 5.91 Å². The molecule has 4 aliphatic carbocycles. The summed E-state index contributed by atoms with van der Waals surface area (Å²) < 4.78 is 17.2. The maximum atomic E-state index is 13.3. The molecule has 4 bridgehead atoms. The number of hydrogen-bond donors (Lipinski definition) is 2. The van der Waals surface area contributed by atoms with Gasteiger partial charge in [-0.3, -0.25) is 4.79 Å². The van der Waals surface area contributed by atoms with Crippen molar-refractivity contribution in [3.63, 3.8) is 0 Å². The lowest BCUT2D eigenvalue weighted by Crippen LogP contribution is -2.60. The summed E-state index contributed by atoms with van der Waals surface area (Å²) in [5.74, 6) is 2.73. The van der Waals surface area contributed by atoms with E-state index in [0.717, 1.165) is 37.0 Å². The van der Waals surface area contributed by atoms with Crippen LogP contribution < -0.4 is 5.32 Å². The Bertz CT molecular complexity index is 757. The minimum Gasteiger partial charge on any atom is -0.459 e. The van der Waals surface area contributed by atoms with Crippen molar-refractivity contribution in [2.45, 2.75) is 62.7 Å². The number of carbonyl (C=O) groups is 1. The molecular formula is C24H33NO5S. The molecule has 0 aromatic carbocycles. The Morgan fingerprint density at radius 2 is 1.87 bits per heavy atom. The molecule has 31 heavy (non-hydrogen) atoms. The van der Waals surface area contributed by atoms with E-state index in [1.54, 1.807) is 11.3 Å². The molecule has 2 atom stereocenters. The third kappa shape index (κ3) is 4.85. The van der Waals surface area contributed by atoms with Gasteiger partial charge in [0.05, 0.1) is 26.4 Å². The zero-order valence-electron chi connectivity index (χ0n) is 18.0. The Balaban J connectivity index is 1.26. The van der Waals surface area contributed by atoms with Gasteiger partial charge in [-0.1, -0.05) is 0 Å². The summed E-state index contributed by atoms with van der Waals surface area (Å²) in [4.78, 5) is 13.3. The first-order valence-electron chi connectivity index (χ1n) is 11.7. The molecule has 0 unspecified atom stereocenters. The minimum absolute atomic E-state index is 0.00244. The summed E-state index contributed by atoms with van der Waals surface area (Å²) >= 11 is 1.66. The first kappa shape index (κ1) is 21.4. The lowest BCUT2D eigenvalue weighted by Gasteiger charge is -2.56. The van der Waals surface area contributed by atoms with Crippen LogP contribution in [0.1, 0.15) is 56.4 Å². The zero-order valence-corrected chi connectivity index (χ0v) is 18.8. The van der Waals surface area contributed by atoms with E-state index in [1.807, 2.05) is 6.08 Å². The summed E-state index contributed by atoms with van der Waals surface area (Å²) in [5, 5.41) is 16.4. The third-order valence-corrected chi connectivity index (χ3v) is 8.14. The number of carbonyl (C=O) groups excluding carboxylic acids is 1. The monoisotopic (exact) mass is 447 g/mol. The fraction of sp³-hybridized carbons (Fsp3) is 0.708. The van der Waals surface area contributed by atoms with Crippen LogP contribution in [-0.2, 0) is 19.0 Å². The van der Waals surface area contributed by atoms with Crippen LogP contribution in [-0.4, -0.2) is 49.3 Å². The van der Waals surface area contributed by atoms with Crippen LogP contribution in [0.5, 0.6) is 0 Å². The number of allylic oxidation sites excluding steroid dienone is 1. The molecule has 6 nitrogen and oxygen atoms in total. The fourth-order valence-corrected chi connectivity index (χ4v) is 7.33. The lowest BCUT2D eigenvalue weighted by atomic mass is 9.53. The van der Waals surface area contributed by atoms with E-state index in [0.29, 0.717) is 32.0 Å². The normalized spacial score (nSPS) is 36.2. The zero-order chi connectivity index (χ0) is 21.3. The fourth-order valence-electron chi connectivity index (χ4n) is 6.61. The highest BCUT2D eigenvalue weighted by atomic mass is 32.1. The van der Waals surface area contributed by atoms with Crippen LogP contribution in [0.3, 0.4) is 0 Å². The van der Waals surface area contributed by atoms with Crippen LogP contribution in [0.25, 0.3) is 0 Å². The summed E-state index contributed by atoms with van der Waals surface area (Å²) in [6.45, 7) is 1.05. The molecule has 4 saturated carbocycles. The average molecular weight is 448 g/mol. The maximum absolute atomic E-state index is 13.3. The van der Waals surface area contributed by atoms with E-state index >= 15 is 0 Å². The number of rotatable bonds is 9. The minimum atomic E-state index is -0.482. The molecule has 0 spiro atoms. The van der Waals surface area contributed by atoms with Gasteiger partial charge < -0.3 is 24.6 Å². The molecule has 170 valence electrons. The van der Waals surface area contributed by atoms with Gasteiger partial charge in [-0.05, 0) is 84.7 Å². The smallest absolute Gasteiger partial charge is 0.286 e. The molecule has 1 aliphatic heterocycles. The van der Waals surface area contributed by atoms with Crippen molar-refractivity contribution in [2.24, 2.45) is 17.8 Å². The van der Waals surface area contributed by atoms with Gasteiger partial charge in [0.2, 0.25) is 6.29 Å². The number of aliphatic hydroxyl groups is 1. The Labute approximate surface area is 188 Å². The molecule has 0 radical (unpaired) electrons. The van der Waals surface area contributed by atoms with Crippen LogP contribution in [0, 0.1) is 17.8 Å². The van der Waals surface area contributed by atoms with Crippen LogP contribution in [0.4, 0.5) is 0 Å². The van der Waals surface area contributed by atoms with Gasteiger partial charge in [-0.15, -0.1) is 0 Å². The standard InChI is InChI=1S/C24H33NO5S/c26-2-3-28-4-5-29-22-11-20(19-1-6-31-15-19)10-21(30-22)23(27)25-24-12-16-7-17(13-24)9-18(8-16)14-24/h1,6,10,15-18,20,22,26H,2-5,7-9,11-14H2,(H,25,27)/t16?,17?,18?,20-,22+,24?/m1/s1. The molecule has 1 aromatic rings. The topological polar surface area (TPSA) is 77.0 Å². The number of hydrogen-bond acceptors (Lipinski definition) is 6. The number of nitrogens with one attached hydrogen (secondary N) is 1. The number of ether oxygens (including phenoxy) is 3. The quantitative estimate of drug-likeness (QED) is 0.566. The van der Waals surface area contributed by atoms with Gasteiger partial charge in [0.15, 0.2) is 5.76 Å². The molecule has 2 heterocycles. The van der Waals surface area contributed by atoms with E-state index in [1.165, 1.54) is 24.8 Å². The van der Waals surface area contributed by atoms with Crippen LogP contribution in [0.2, 0.25) is 0 Å². The highest BCUT2D eigenvalue weighted by molar-refractivity contribution is 7.08. The molecule has 1 aromatic heterocycles. The highest BCUT2D eigenvalue weighted by Crippen LogP contribution is 2.55. The van der Waals surface area contributed by atoms with Gasteiger partial charge in [-0.25, -0.2) is 0 Å². The summed E-state index contributed by atoms with van der Waals surface area (Å²) in [7, 11) is 0. The molecule has 0 saturated heterocycles. The summed E-state index contributed by atoms with van der Waals surface area (Å²) in [5.41, 5.74) is 1.15. The summed E-state index contributed by atoms with van der Waals surface area (Å²) in [6.07, 6.45) is 9.57. The van der Waals surface area contributed by atoms with Crippen LogP contribution >= 0.6 is 11.3 Å². The Hall–Kier alpha value is -1.41. The van der Waals surface area contributed by atoms with Crippen molar-refractivity contribution in [2.75, 3.05) is 26.4 Å². The van der Waals surface area contributed by atoms with E-state index in [9.17, 15) is 4.79 Å². The van der Waals surface area contributed by atoms with Gasteiger partial charge >= 0.3 is 0 Å². The largest absolute Gasteiger partial charge is 0.459 e. The van der Waals surface area contributed by atoms with Crippen molar-refractivity contribution in [3.05, 3.63) is 34.2 Å². The Kier molecular flexibility index (Phi) is 6.37. The third-order valence-electron chi connectivity index (χ3n) is 7.44. The SMILES string of the molecule is O=C(NC12CC3CC(CC(C3)C1)C2)C1=C[C@@H](c2ccsc2)C[C@@H](OCCOCCO)O1. The van der Waals surface area contributed by atoms with Gasteiger partial charge in [-0.2, -0.15) is 11.3 Å². The highest BCUT2D eigenvalue weighted by Gasteiger charge is 2.52. The molecule has 2 N–H and O–H groups in total. The van der Waals surface area contributed by atoms with E-state index in [2.05, 4.69) is 22.1 Å². The number of amides is 1. The van der Waals surface area contributed by atoms with Crippen molar-refractivity contribution >= 4 is 17.2 Å². The number of thiophene rings is 1. The van der Waals surface area contributed by atoms with Crippen molar-refractivity contribution in [3.8, 4) is 0 Å². The van der Waals surface area contributed by atoms with Gasteiger partial charge in [0, 0.05) is 17.9 Å². The molecule has 1 amide bonds. The van der Waals surface area contributed by atoms with Crippen molar-refractivity contribution in [1.29, 1.82) is 0 Å². The predicted octanol–water partition coefficient (Wildman–Crippen LogP) is 3.57. The molecule has 4 fully saturated rings. The van der Waals surface area contributed by atoms with E-state index in [4.69, 9.17) is 19.3 Å². The Morgan fingerprint density at radius 1 is 1.13 bits per heavy atom. The first-order valence-corrected chi connectivity index (χ1v) is 12.6. The average Bonchev–Trinajstić information content (AvgIpc) is 3.27. The van der Waals surface area contributed by atoms with E-state index < -0.39 is 6.29 Å². The molecule has 6 rings (SSSR count). The van der Waals surface area contributed by atoms with Gasteiger partial charge in [0.1, 0.15) is 0 Å². The molecule has 7 heteroatoms. The lowest BCUT2D eigenvalue weighted by molar-refractivity contribution is -0.153. The second-order valence-corrected chi connectivity index (χ2v) is 10.6. The number of aliphatic hydroxyl groups excluding tert-OH is 1. The predicted molar refractivity (Wildman–Crippen MR) is 118 cm³/mol. The Morgan fingerprint density at radius 3 is 2.52 bits per heavy atom. The van der Waals surface area contributed by atoms with Crippen LogP contribution in [0.15, 0.2) is 28.7 Å². The van der Waals surface area contributed by atoms with E-state index in [-0.39, 0.29) is 24.0 Å². The van der Waals surface area contributed by atoms with Crippen molar-refractivity contribution in [1.82, 2.24) is 5.32 Å². The second kappa shape index (κ2) is 9.22. The molecule has 5 aliphatic rings. The second-order valence-electron chi connectivity index (χ2n) is 9.84. The van der Waals surface area contributed by atoms with Crippen molar-refractivity contribution < 1.29 is 24.1 Å².